The minimum absolute atomic E-state index is 0.137. The minimum atomic E-state index is 0.137. The van der Waals surface area contributed by atoms with E-state index in [1.807, 2.05) is 29.2 Å². The molecular weight excluding hydrogens is 460 g/mol. The number of rotatable bonds is 7. The second kappa shape index (κ2) is 10.5. The van der Waals surface area contributed by atoms with Gasteiger partial charge in [-0.15, -0.1) is 22.0 Å². The lowest BCUT2D eigenvalue weighted by Crippen LogP contribution is -2.37. The topological polar surface area (TPSA) is 51.0 Å². The quantitative estimate of drug-likeness (QED) is 0.321. The van der Waals surface area contributed by atoms with E-state index in [1.165, 1.54) is 33.3 Å². The predicted octanol–water partition coefficient (Wildman–Crippen LogP) is 5.55. The van der Waals surface area contributed by atoms with Crippen LogP contribution in [0, 0.1) is 6.92 Å². The Bertz CT molecular complexity index is 1270. The molecule has 0 N–H and O–H groups in total. The van der Waals surface area contributed by atoms with E-state index in [0.29, 0.717) is 18.1 Å². The molecule has 0 atom stereocenters. The third-order valence-corrected chi connectivity index (χ3v) is 7.83. The van der Waals surface area contributed by atoms with Gasteiger partial charge < -0.3 is 4.90 Å². The van der Waals surface area contributed by atoms with E-state index in [4.69, 9.17) is 0 Å². The third kappa shape index (κ3) is 5.21. The highest BCUT2D eigenvalue weighted by Gasteiger charge is 2.22. The number of hydrogen-bond donors (Lipinski definition) is 0. The van der Waals surface area contributed by atoms with Crippen LogP contribution in [0.2, 0.25) is 0 Å². The first-order valence-electron chi connectivity index (χ1n) is 11.3. The Balaban J connectivity index is 1.30. The molecule has 172 valence electrons. The normalized spacial score (nSPS) is 13.0. The SMILES string of the molecule is Cc1ccc(SCc2nnc(SCC(=O)N3CCc4ccccc4C3)n2-c2ccccc2)cc1. The second-order valence-electron chi connectivity index (χ2n) is 8.29. The van der Waals surface area contributed by atoms with Crippen molar-refractivity contribution in [1.29, 1.82) is 0 Å². The summed E-state index contributed by atoms with van der Waals surface area (Å²) in [6, 6.07) is 27.0. The highest BCUT2D eigenvalue weighted by molar-refractivity contribution is 7.99. The molecule has 2 heterocycles. The Morgan fingerprint density at radius 2 is 1.62 bits per heavy atom. The fourth-order valence-electron chi connectivity index (χ4n) is 4.03. The molecule has 5 rings (SSSR count). The summed E-state index contributed by atoms with van der Waals surface area (Å²) in [5, 5.41) is 9.70. The van der Waals surface area contributed by atoms with Gasteiger partial charge in [0, 0.05) is 23.7 Å². The molecule has 1 aromatic heterocycles. The van der Waals surface area contributed by atoms with Crippen LogP contribution in [-0.4, -0.2) is 37.9 Å². The molecular formula is C27H26N4OS2. The molecule has 1 aliphatic rings. The maximum absolute atomic E-state index is 13.0. The van der Waals surface area contributed by atoms with E-state index in [9.17, 15) is 4.79 Å². The predicted molar refractivity (Wildman–Crippen MR) is 138 cm³/mol. The molecule has 7 heteroatoms. The first-order chi connectivity index (χ1) is 16.7. The van der Waals surface area contributed by atoms with Gasteiger partial charge in [-0.05, 0) is 48.7 Å². The molecule has 0 saturated heterocycles. The number of carbonyl (C=O) groups is 1. The van der Waals surface area contributed by atoms with Gasteiger partial charge in [-0.1, -0.05) is 71.9 Å². The second-order valence-corrected chi connectivity index (χ2v) is 10.3. The number of carbonyl (C=O) groups excluding carboxylic acids is 1. The molecule has 0 spiro atoms. The maximum Gasteiger partial charge on any atom is 0.233 e. The van der Waals surface area contributed by atoms with Crippen molar-refractivity contribution in [2.75, 3.05) is 12.3 Å². The Morgan fingerprint density at radius 1 is 0.882 bits per heavy atom. The van der Waals surface area contributed by atoms with Crippen LogP contribution in [0.25, 0.3) is 5.69 Å². The van der Waals surface area contributed by atoms with E-state index in [0.717, 1.165) is 29.6 Å². The van der Waals surface area contributed by atoms with Gasteiger partial charge in [0.15, 0.2) is 5.16 Å². The van der Waals surface area contributed by atoms with E-state index in [2.05, 4.69) is 76.3 Å². The summed E-state index contributed by atoms with van der Waals surface area (Å²) in [5.41, 5.74) is 4.85. The van der Waals surface area contributed by atoms with Crippen molar-refractivity contribution < 1.29 is 4.79 Å². The Kier molecular flexibility index (Phi) is 7.02. The standard InChI is InChI=1S/C27H26N4OS2/c1-20-11-13-24(14-12-20)33-18-25-28-29-27(31(25)23-9-3-2-4-10-23)34-19-26(32)30-16-15-21-7-5-6-8-22(21)17-30/h2-14H,15-19H2,1H3. The molecule has 0 aliphatic carbocycles. The van der Waals surface area contributed by atoms with Crippen LogP contribution in [0.15, 0.2) is 88.9 Å². The number of hydrogen-bond acceptors (Lipinski definition) is 5. The van der Waals surface area contributed by atoms with E-state index in [1.54, 1.807) is 11.8 Å². The van der Waals surface area contributed by atoms with Gasteiger partial charge in [-0.2, -0.15) is 0 Å². The van der Waals surface area contributed by atoms with Crippen LogP contribution in [0.5, 0.6) is 0 Å². The molecule has 34 heavy (non-hydrogen) atoms. The number of fused-ring (bicyclic) bond motifs is 1. The summed E-state index contributed by atoms with van der Waals surface area (Å²) >= 11 is 3.20. The molecule has 0 radical (unpaired) electrons. The lowest BCUT2D eigenvalue weighted by molar-refractivity contribution is -0.129. The molecule has 0 fully saturated rings. The monoisotopic (exact) mass is 486 g/mol. The zero-order valence-electron chi connectivity index (χ0n) is 19.1. The largest absolute Gasteiger partial charge is 0.337 e. The van der Waals surface area contributed by atoms with Gasteiger partial charge in [-0.3, -0.25) is 9.36 Å². The summed E-state index contributed by atoms with van der Waals surface area (Å²) in [6.07, 6.45) is 0.910. The lowest BCUT2D eigenvalue weighted by atomic mass is 10.00. The summed E-state index contributed by atoms with van der Waals surface area (Å²) in [5.74, 6) is 2.05. The number of aromatic nitrogens is 3. The van der Waals surface area contributed by atoms with Crippen molar-refractivity contribution in [2.24, 2.45) is 0 Å². The minimum Gasteiger partial charge on any atom is -0.337 e. The molecule has 0 saturated carbocycles. The lowest BCUT2D eigenvalue weighted by Gasteiger charge is -2.28. The summed E-state index contributed by atoms with van der Waals surface area (Å²) in [4.78, 5) is 16.2. The average Bonchev–Trinajstić information content (AvgIpc) is 3.30. The zero-order valence-corrected chi connectivity index (χ0v) is 20.7. The number of aryl methyl sites for hydroxylation is 1. The number of thioether (sulfide) groups is 2. The first kappa shape index (κ1) is 22.7. The fourth-order valence-corrected chi connectivity index (χ4v) is 5.72. The summed E-state index contributed by atoms with van der Waals surface area (Å²) in [7, 11) is 0. The average molecular weight is 487 g/mol. The van der Waals surface area contributed by atoms with Gasteiger partial charge in [-0.25, -0.2) is 0 Å². The van der Waals surface area contributed by atoms with Crippen molar-refractivity contribution in [3.8, 4) is 5.69 Å². The molecule has 4 aromatic rings. The smallest absolute Gasteiger partial charge is 0.233 e. The summed E-state index contributed by atoms with van der Waals surface area (Å²) in [6.45, 7) is 3.54. The van der Waals surface area contributed by atoms with E-state index in [-0.39, 0.29) is 5.91 Å². The maximum atomic E-state index is 13.0. The van der Waals surface area contributed by atoms with Crippen molar-refractivity contribution in [2.45, 2.75) is 35.7 Å². The molecule has 0 bridgehead atoms. The molecule has 0 unspecified atom stereocenters. The van der Waals surface area contributed by atoms with Crippen molar-refractivity contribution >= 4 is 29.4 Å². The van der Waals surface area contributed by atoms with Crippen molar-refractivity contribution in [1.82, 2.24) is 19.7 Å². The number of benzene rings is 3. The van der Waals surface area contributed by atoms with E-state index < -0.39 is 0 Å². The first-order valence-corrected chi connectivity index (χ1v) is 13.3. The van der Waals surface area contributed by atoms with Crippen molar-refractivity contribution in [3.05, 3.63) is 101 Å². The van der Waals surface area contributed by atoms with Crippen molar-refractivity contribution in [3.63, 3.8) is 0 Å². The molecule has 1 amide bonds. The fraction of sp³-hybridized carbons (Fsp3) is 0.222. The van der Waals surface area contributed by atoms with Gasteiger partial charge in [0.1, 0.15) is 5.82 Å². The van der Waals surface area contributed by atoms with Crippen LogP contribution >= 0.6 is 23.5 Å². The van der Waals surface area contributed by atoms with E-state index >= 15 is 0 Å². The number of para-hydroxylation sites is 1. The van der Waals surface area contributed by atoms with Crippen LogP contribution in [-0.2, 0) is 23.5 Å². The zero-order chi connectivity index (χ0) is 23.3. The highest BCUT2D eigenvalue weighted by atomic mass is 32.2. The van der Waals surface area contributed by atoms with Gasteiger partial charge in [0.25, 0.3) is 0 Å². The van der Waals surface area contributed by atoms with Gasteiger partial charge >= 0.3 is 0 Å². The van der Waals surface area contributed by atoms with Gasteiger partial charge in [0.2, 0.25) is 5.91 Å². The van der Waals surface area contributed by atoms with Crippen LogP contribution in [0.1, 0.15) is 22.5 Å². The number of amides is 1. The Morgan fingerprint density at radius 3 is 2.41 bits per heavy atom. The summed E-state index contributed by atoms with van der Waals surface area (Å²) < 4.78 is 2.07. The van der Waals surface area contributed by atoms with Crippen LogP contribution in [0.3, 0.4) is 0 Å². The molecule has 1 aliphatic heterocycles. The third-order valence-electron chi connectivity index (χ3n) is 5.91. The Hall–Kier alpha value is -3.03. The Labute approximate surface area is 208 Å². The highest BCUT2D eigenvalue weighted by Crippen LogP contribution is 2.28. The van der Waals surface area contributed by atoms with Crippen LogP contribution in [0.4, 0.5) is 0 Å². The van der Waals surface area contributed by atoms with Crippen LogP contribution < -0.4 is 0 Å². The molecule has 5 nitrogen and oxygen atoms in total. The molecule has 3 aromatic carbocycles. The van der Waals surface area contributed by atoms with Gasteiger partial charge in [0.05, 0.1) is 11.5 Å². The number of nitrogens with zero attached hydrogens (tertiary/aromatic N) is 4.